The summed E-state index contributed by atoms with van der Waals surface area (Å²) in [7, 11) is 0. The fourth-order valence-electron chi connectivity index (χ4n) is 0.723. The van der Waals surface area contributed by atoms with Gasteiger partial charge in [0.05, 0.1) is 5.02 Å². The molecule has 66 valence electrons. The van der Waals surface area contributed by atoms with Gasteiger partial charge in [-0.1, -0.05) is 11.6 Å². The van der Waals surface area contributed by atoms with E-state index in [-0.39, 0.29) is 51.4 Å². The Bertz CT molecular complexity index is 344. The molecule has 0 bridgehead atoms. The van der Waals surface area contributed by atoms with E-state index in [2.05, 4.69) is 0 Å². The van der Waals surface area contributed by atoms with Crippen LogP contribution in [-0.4, -0.2) is 62.5 Å². The van der Waals surface area contributed by atoms with Crippen LogP contribution >= 0.6 is 11.6 Å². The molecule has 1 aromatic carbocycles. The quantitative estimate of drug-likeness (QED) is 0.591. The molecule has 1 N–H and O–H groups in total. The molecule has 0 unspecified atom stereocenters. The van der Waals surface area contributed by atoms with Crippen molar-refractivity contribution in [2.45, 2.75) is 0 Å². The number of halogens is 3. The van der Waals surface area contributed by atoms with E-state index in [1.165, 1.54) is 0 Å². The standard InChI is InChI=1S/C7H3ClF2O2.K.H/c8-3-1-2-4(9)5(6(3)10)7(11)12;;/h1-2H,(H,11,12);;. The van der Waals surface area contributed by atoms with Crippen LogP contribution in [0.15, 0.2) is 12.1 Å². The third-order valence-corrected chi connectivity index (χ3v) is 1.55. The SMILES string of the molecule is O=C(O)c1c(F)ccc(Cl)c1F.[KH]. The second kappa shape index (κ2) is 5.38. The van der Waals surface area contributed by atoms with Crippen molar-refractivity contribution in [3.8, 4) is 0 Å². The second-order valence-corrected chi connectivity index (χ2v) is 2.43. The predicted octanol–water partition coefficient (Wildman–Crippen LogP) is 1.67. The Morgan fingerprint density at radius 3 is 2.31 bits per heavy atom. The number of aromatic carboxylic acids is 1. The number of carboxylic acids is 1. The van der Waals surface area contributed by atoms with Crippen molar-refractivity contribution >= 4 is 69.0 Å². The monoisotopic (exact) mass is 232 g/mol. The van der Waals surface area contributed by atoms with Gasteiger partial charge < -0.3 is 5.11 Å². The van der Waals surface area contributed by atoms with Gasteiger partial charge in [0.25, 0.3) is 0 Å². The van der Waals surface area contributed by atoms with Crippen LogP contribution in [0.1, 0.15) is 10.4 Å². The van der Waals surface area contributed by atoms with Crippen molar-refractivity contribution in [1.29, 1.82) is 0 Å². The van der Waals surface area contributed by atoms with Crippen molar-refractivity contribution in [2.75, 3.05) is 0 Å². The van der Waals surface area contributed by atoms with Gasteiger partial charge in [-0.25, -0.2) is 13.6 Å². The van der Waals surface area contributed by atoms with E-state index >= 15 is 0 Å². The van der Waals surface area contributed by atoms with Gasteiger partial charge in [0, 0.05) is 0 Å². The summed E-state index contributed by atoms with van der Waals surface area (Å²) in [5.41, 5.74) is -1.03. The Kier molecular flexibility index (Phi) is 5.58. The van der Waals surface area contributed by atoms with E-state index in [1.54, 1.807) is 0 Å². The fourth-order valence-corrected chi connectivity index (χ4v) is 0.881. The third-order valence-electron chi connectivity index (χ3n) is 1.26. The molecule has 13 heavy (non-hydrogen) atoms. The van der Waals surface area contributed by atoms with Gasteiger partial charge >= 0.3 is 57.4 Å². The Morgan fingerprint density at radius 2 is 1.92 bits per heavy atom. The summed E-state index contributed by atoms with van der Waals surface area (Å²) in [6, 6.07) is 1.76. The van der Waals surface area contributed by atoms with Crippen LogP contribution in [0.25, 0.3) is 0 Å². The van der Waals surface area contributed by atoms with Crippen molar-refractivity contribution in [1.82, 2.24) is 0 Å². The predicted molar refractivity (Wildman–Crippen MR) is 45.5 cm³/mol. The summed E-state index contributed by atoms with van der Waals surface area (Å²) < 4.78 is 25.4. The van der Waals surface area contributed by atoms with Crippen molar-refractivity contribution in [3.63, 3.8) is 0 Å². The first-order valence-electron chi connectivity index (χ1n) is 2.91. The van der Waals surface area contributed by atoms with Crippen LogP contribution in [-0.2, 0) is 0 Å². The molecule has 0 aromatic heterocycles. The van der Waals surface area contributed by atoms with E-state index in [0.717, 1.165) is 12.1 Å². The molecule has 1 aromatic rings. The van der Waals surface area contributed by atoms with Crippen LogP contribution in [0.5, 0.6) is 0 Å². The first-order valence-corrected chi connectivity index (χ1v) is 3.28. The topological polar surface area (TPSA) is 37.3 Å². The van der Waals surface area contributed by atoms with Crippen LogP contribution in [0.4, 0.5) is 8.78 Å². The molecule has 0 amide bonds. The molecule has 0 radical (unpaired) electrons. The average Bonchev–Trinajstić information content (AvgIpc) is 1.97. The van der Waals surface area contributed by atoms with Gasteiger partial charge in [0.2, 0.25) is 0 Å². The first kappa shape index (κ1) is 13.5. The van der Waals surface area contributed by atoms with Crippen LogP contribution in [0, 0.1) is 11.6 Å². The van der Waals surface area contributed by atoms with Gasteiger partial charge in [-0.15, -0.1) is 0 Å². The summed E-state index contributed by atoms with van der Waals surface area (Å²) in [4.78, 5) is 10.3. The fraction of sp³-hybridized carbons (Fsp3) is 0. The van der Waals surface area contributed by atoms with Crippen LogP contribution in [0.2, 0.25) is 5.02 Å². The molecule has 0 spiro atoms. The molecule has 6 heteroatoms. The Hall–Kier alpha value is 0.476. The molecular formula is C7H4ClF2KO2. The molecule has 1 rings (SSSR count). The summed E-state index contributed by atoms with van der Waals surface area (Å²) in [5, 5.41) is 7.92. The van der Waals surface area contributed by atoms with Gasteiger partial charge in [-0.05, 0) is 12.1 Å². The van der Waals surface area contributed by atoms with Gasteiger partial charge in [0.15, 0.2) is 5.82 Å². The normalized spacial score (nSPS) is 9.15. The maximum absolute atomic E-state index is 12.8. The average molecular weight is 233 g/mol. The number of hydrogen-bond donors (Lipinski definition) is 1. The van der Waals surface area contributed by atoms with E-state index in [0.29, 0.717) is 0 Å². The zero-order valence-electron chi connectivity index (χ0n) is 5.64. The second-order valence-electron chi connectivity index (χ2n) is 2.02. The van der Waals surface area contributed by atoms with Gasteiger partial charge in [0.1, 0.15) is 11.4 Å². The number of hydrogen-bond acceptors (Lipinski definition) is 1. The van der Waals surface area contributed by atoms with Crippen molar-refractivity contribution in [2.24, 2.45) is 0 Å². The zero-order valence-corrected chi connectivity index (χ0v) is 6.40. The van der Waals surface area contributed by atoms with Gasteiger partial charge in [-0.2, -0.15) is 0 Å². The Morgan fingerprint density at radius 1 is 1.38 bits per heavy atom. The zero-order chi connectivity index (χ0) is 9.30. The van der Waals surface area contributed by atoms with E-state index in [1.807, 2.05) is 0 Å². The summed E-state index contributed by atoms with van der Waals surface area (Å²) >= 11 is 5.22. The molecule has 0 aliphatic rings. The molecule has 0 atom stereocenters. The molecule has 0 aliphatic heterocycles. The van der Waals surface area contributed by atoms with Crippen LogP contribution in [0.3, 0.4) is 0 Å². The van der Waals surface area contributed by atoms with E-state index in [4.69, 9.17) is 16.7 Å². The number of benzene rings is 1. The number of rotatable bonds is 1. The van der Waals surface area contributed by atoms with Crippen molar-refractivity contribution < 1.29 is 18.7 Å². The Balaban J connectivity index is 0.00000144. The summed E-state index contributed by atoms with van der Waals surface area (Å²) in [5.74, 6) is -4.05. The molecule has 0 saturated heterocycles. The Labute approximate surface area is 120 Å². The molecule has 0 aliphatic carbocycles. The van der Waals surface area contributed by atoms with Gasteiger partial charge in [-0.3, -0.25) is 0 Å². The summed E-state index contributed by atoms with van der Waals surface area (Å²) in [6.45, 7) is 0. The third kappa shape index (κ3) is 2.97. The molecule has 0 heterocycles. The molecular weight excluding hydrogens is 229 g/mol. The molecule has 2 nitrogen and oxygen atoms in total. The van der Waals surface area contributed by atoms with Crippen LogP contribution < -0.4 is 0 Å². The number of carbonyl (C=O) groups is 1. The summed E-state index contributed by atoms with van der Waals surface area (Å²) in [6.07, 6.45) is 0. The molecule has 0 saturated carbocycles. The van der Waals surface area contributed by atoms with Crippen molar-refractivity contribution in [3.05, 3.63) is 34.4 Å². The number of carboxylic acid groups (broad SMARTS) is 1. The first-order chi connectivity index (χ1) is 5.54. The van der Waals surface area contributed by atoms with E-state index < -0.39 is 28.2 Å². The van der Waals surface area contributed by atoms with E-state index in [9.17, 15) is 13.6 Å². The maximum atomic E-state index is 12.8. The minimum atomic E-state index is -1.67. The minimum absolute atomic E-state index is 0. The molecule has 0 fully saturated rings.